The Morgan fingerprint density at radius 2 is 1.39 bits per heavy atom. The van der Waals surface area contributed by atoms with Crippen molar-refractivity contribution in [3.05, 3.63) is 77.9 Å². The van der Waals surface area contributed by atoms with Gasteiger partial charge in [-0.3, -0.25) is 4.79 Å². The number of carbonyl (C=O) groups excluding carboxylic acids is 2. The van der Waals surface area contributed by atoms with E-state index in [1.165, 1.54) is 0 Å². The zero-order valence-electron chi connectivity index (χ0n) is 15.1. The van der Waals surface area contributed by atoms with Crippen LogP contribution in [0.25, 0.3) is 6.08 Å². The lowest BCUT2D eigenvalue weighted by atomic mass is 10.0. The first kappa shape index (κ1) is 23.4. The van der Waals surface area contributed by atoms with E-state index in [1.54, 1.807) is 6.08 Å². The van der Waals surface area contributed by atoms with Gasteiger partial charge >= 0.3 is 0 Å². The Balaban J connectivity index is 0.000000295. The third kappa shape index (κ3) is 7.91. The number of aliphatic hydroxyl groups is 5. The van der Waals surface area contributed by atoms with Crippen LogP contribution in [0.2, 0.25) is 0 Å². The molecule has 0 aliphatic heterocycles. The van der Waals surface area contributed by atoms with Crippen LogP contribution >= 0.6 is 0 Å². The van der Waals surface area contributed by atoms with Gasteiger partial charge in [0.25, 0.3) is 0 Å². The lowest BCUT2D eigenvalue weighted by molar-refractivity contribution is -0.136. The van der Waals surface area contributed by atoms with Gasteiger partial charge in [-0.2, -0.15) is 0 Å². The van der Waals surface area contributed by atoms with Crippen LogP contribution in [0.5, 0.6) is 0 Å². The number of aliphatic hydroxyl groups excluding tert-OH is 5. The molecule has 0 bridgehead atoms. The summed E-state index contributed by atoms with van der Waals surface area (Å²) in [6, 6.07) is 19.1. The second-order valence-corrected chi connectivity index (χ2v) is 5.83. The third-order valence-corrected chi connectivity index (χ3v) is 3.71. The second-order valence-electron chi connectivity index (χ2n) is 5.83. The van der Waals surface area contributed by atoms with Gasteiger partial charge in [0.1, 0.15) is 24.4 Å². The summed E-state index contributed by atoms with van der Waals surface area (Å²) in [4.78, 5) is 21.6. The molecule has 2 aromatic carbocycles. The van der Waals surface area contributed by atoms with E-state index in [-0.39, 0.29) is 12.1 Å². The fourth-order valence-electron chi connectivity index (χ4n) is 2.05. The molecule has 0 amide bonds. The molecule has 0 aliphatic carbocycles. The lowest BCUT2D eigenvalue weighted by Crippen LogP contribution is -2.46. The molecule has 0 aliphatic rings. The Bertz CT molecular complexity index is 731. The lowest BCUT2D eigenvalue weighted by Gasteiger charge is -2.22. The van der Waals surface area contributed by atoms with Crippen molar-refractivity contribution in [1.29, 1.82) is 0 Å². The Morgan fingerprint density at radius 3 is 1.89 bits per heavy atom. The van der Waals surface area contributed by atoms with Crippen molar-refractivity contribution in [2.45, 2.75) is 24.4 Å². The fourth-order valence-corrected chi connectivity index (χ4v) is 2.05. The van der Waals surface area contributed by atoms with E-state index < -0.39 is 31.0 Å². The predicted octanol–water partition coefficient (Wildman–Crippen LogP) is 0.204. The average molecular weight is 388 g/mol. The van der Waals surface area contributed by atoms with Gasteiger partial charge in [-0.15, -0.1) is 0 Å². The van der Waals surface area contributed by atoms with Gasteiger partial charge in [0.05, 0.1) is 6.61 Å². The summed E-state index contributed by atoms with van der Waals surface area (Å²) in [6.45, 7) is -0.760. The van der Waals surface area contributed by atoms with Crippen LogP contribution in [0.4, 0.5) is 0 Å². The molecular weight excluding hydrogens is 364 g/mol. The molecule has 28 heavy (non-hydrogen) atoms. The standard InChI is InChI=1S/C15H12O.C6H12O6/c16-15(14-9-5-2-6-10-14)12-11-13-7-3-1-4-8-13;7-1-3(9)5(11)6(12)4(10)2-8/h1-12H;1,3-6,8-12H,2H2/b12-11+;/t;3-,4+,5+,6+/m.0/s1. The van der Waals surface area contributed by atoms with Crippen molar-refractivity contribution in [2.75, 3.05) is 6.61 Å². The highest BCUT2D eigenvalue weighted by Gasteiger charge is 2.29. The summed E-state index contributed by atoms with van der Waals surface area (Å²) >= 11 is 0. The largest absolute Gasteiger partial charge is 0.394 e. The summed E-state index contributed by atoms with van der Waals surface area (Å²) in [5.74, 6) is 0.0319. The molecule has 150 valence electrons. The molecule has 2 aromatic rings. The number of allylic oxidation sites excluding steroid dienone is 1. The summed E-state index contributed by atoms with van der Waals surface area (Å²) in [5, 5.41) is 43.5. The number of benzene rings is 2. The number of rotatable bonds is 8. The molecule has 7 nitrogen and oxygen atoms in total. The zero-order chi connectivity index (χ0) is 20.9. The topological polar surface area (TPSA) is 135 Å². The molecule has 0 saturated heterocycles. The maximum atomic E-state index is 11.7. The third-order valence-electron chi connectivity index (χ3n) is 3.71. The molecule has 2 rings (SSSR count). The van der Waals surface area contributed by atoms with E-state index in [0.717, 1.165) is 11.1 Å². The molecule has 0 saturated carbocycles. The molecule has 0 fully saturated rings. The van der Waals surface area contributed by atoms with Gasteiger partial charge in [-0.25, -0.2) is 0 Å². The van der Waals surface area contributed by atoms with Gasteiger partial charge < -0.3 is 30.3 Å². The van der Waals surface area contributed by atoms with Crippen LogP contribution in [-0.2, 0) is 4.79 Å². The molecular formula is C21H24O7. The molecule has 5 N–H and O–H groups in total. The smallest absolute Gasteiger partial charge is 0.185 e. The minimum absolute atomic E-state index is 0.0258. The first-order valence-electron chi connectivity index (χ1n) is 8.51. The van der Waals surface area contributed by atoms with Crippen molar-refractivity contribution in [3.8, 4) is 0 Å². The number of carbonyl (C=O) groups is 2. The van der Waals surface area contributed by atoms with Crippen LogP contribution in [0.15, 0.2) is 66.7 Å². The normalized spacial score (nSPS) is 15.0. The van der Waals surface area contributed by atoms with Crippen LogP contribution in [0.3, 0.4) is 0 Å². The van der Waals surface area contributed by atoms with E-state index >= 15 is 0 Å². The maximum Gasteiger partial charge on any atom is 0.185 e. The first-order chi connectivity index (χ1) is 13.4. The van der Waals surface area contributed by atoms with Gasteiger partial charge in [-0.05, 0) is 11.6 Å². The monoisotopic (exact) mass is 388 g/mol. The van der Waals surface area contributed by atoms with Crippen LogP contribution in [0, 0.1) is 0 Å². The van der Waals surface area contributed by atoms with Gasteiger partial charge in [-0.1, -0.05) is 66.7 Å². The molecule has 0 spiro atoms. The summed E-state index contributed by atoms with van der Waals surface area (Å²) in [7, 11) is 0. The van der Waals surface area contributed by atoms with E-state index in [4.69, 9.17) is 25.5 Å². The Kier molecular flexibility index (Phi) is 10.6. The van der Waals surface area contributed by atoms with Crippen molar-refractivity contribution < 1.29 is 35.1 Å². The van der Waals surface area contributed by atoms with E-state index in [2.05, 4.69) is 0 Å². The van der Waals surface area contributed by atoms with Gasteiger partial charge in [0.2, 0.25) is 0 Å². The predicted molar refractivity (Wildman–Crippen MR) is 103 cm³/mol. The average Bonchev–Trinajstić information content (AvgIpc) is 2.77. The van der Waals surface area contributed by atoms with Gasteiger partial charge in [0.15, 0.2) is 12.1 Å². The molecule has 0 unspecified atom stereocenters. The highest BCUT2D eigenvalue weighted by atomic mass is 16.4. The number of hydrogen-bond acceptors (Lipinski definition) is 7. The van der Waals surface area contributed by atoms with E-state index in [0.29, 0.717) is 0 Å². The maximum absolute atomic E-state index is 11.7. The summed E-state index contributed by atoms with van der Waals surface area (Å²) in [5.41, 5.74) is 1.75. The molecule has 4 atom stereocenters. The minimum atomic E-state index is -1.79. The van der Waals surface area contributed by atoms with Crippen LogP contribution in [0.1, 0.15) is 15.9 Å². The number of ketones is 1. The van der Waals surface area contributed by atoms with E-state index in [1.807, 2.05) is 66.7 Å². The number of aldehydes is 1. The van der Waals surface area contributed by atoms with Crippen LogP contribution in [-0.4, -0.2) is 68.6 Å². The quantitative estimate of drug-likeness (QED) is 0.248. The molecule has 7 heteroatoms. The minimum Gasteiger partial charge on any atom is -0.394 e. The highest BCUT2D eigenvalue weighted by Crippen LogP contribution is 2.05. The molecule has 0 aromatic heterocycles. The van der Waals surface area contributed by atoms with Crippen molar-refractivity contribution in [3.63, 3.8) is 0 Å². The first-order valence-corrected chi connectivity index (χ1v) is 8.51. The van der Waals surface area contributed by atoms with Crippen molar-refractivity contribution in [1.82, 2.24) is 0 Å². The Hall–Kier alpha value is -2.68. The van der Waals surface area contributed by atoms with Gasteiger partial charge in [0, 0.05) is 5.56 Å². The highest BCUT2D eigenvalue weighted by molar-refractivity contribution is 6.06. The Labute approximate surface area is 162 Å². The van der Waals surface area contributed by atoms with Crippen molar-refractivity contribution >= 4 is 18.1 Å². The molecule has 0 radical (unpaired) electrons. The van der Waals surface area contributed by atoms with Crippen molar-refractivity contribution in [2.24, 2.45) is 0 Å². The number of hydrogen-bond donors (Lipinski definition) is 5. The summed E-state index contributed by atoms with van der Waals surface area (Å²) in [6.07, 6.45) is -3.41. The second kappa shape index (κ2) is 12.7. The van der Waals surface area contributed by atoms with E-state index in [9.17, 15) is 9.59 Å². The van der Waals surface area contributed by atoms with Crippen LogP contribution < -0.4 is 0 Å². The molecule has 0 heterocycles. The summed E-state index contributed by atoms with van der Waals surface area (Å²) < 4.78 is 0. The zero-order valence-corrected chi connectivity index (χ0v) is 15.1. The SMILES string of the molecule is O=C(/C=C/c1ccccc1)c1ccccc1.O=C[C@H](O)[C@@H](O)[C@H](O)[C@H](O)CO. The fraction of sp³-hybridized carbons (Fsp3) is 0.238. The Morgan fingerprint density at radius 1 is 0.857 bits per heavy atom.